The molecule has 0 aliphatic carbocycles. The molecule has 1 heterocycles. The van der Waals surface area contributed by atoms with Crippen molar-refractivity contribution in [1.29, 1.82) is 0 Å². The highest BCUT2D eigenvalue weighted by atomic mass is 35.5. The number of halogens is 2. The van der Waals surface area contributed by atoms with Gasteiger partial charge in [0.2, 0.25) is 0 Å². The number of nitrogens with one attached hydrogen (secondary N) is 1. The van der Waals surface area contributed by atoms with E-state index in [4.69, 9.17) is 27.6 Å². The summed E-state index contributed by atoms with van der Waals surface area (Å²) in [4.78, 5) is 0. The van der Waals surface area contributed by atoms with Crippen LogP contribution in [0.5, 0.6) is 0 Å². The molecule has 1 N–H and O–H groups in total. The third-order valence-electron chi connectivity index (χ3n) is 2.56. The van der Waals surface area contributed by atoms with Crippen LogP contribution in [0, 0.1) is 0 Å². The summed E-state index contributed by atoms with van der Waals surface area (Å²) >= 11 is 11.6. The maximum absolute atomic E-state index is 5.95. The number of benzene rings is 1. The van der Waals surface area contributed by atoms with Crippen LogP contribution in [0.3, 0.4) is 0 Å². The molecule has 2 nitrogen and oxygen atoms in total. The molecular weight excluding hydrogens is 257 g/mol. The van der Waals surface area contributed by atoms with E-state index in [9.17, 15) is 0 Å². The first-order valence-corrected chi connectivity index (χ1v) is 6.14. The highest BCUT2D eigenvalue weighted by Crippen LogP contribution is 2.18. The van der Waals surface area contributed by atoms with Crippen molar-refractivity contribution in [2.24, 2.45) is 0 Å². The largest absolute Gasteiger partial charge is 0.448 e. The minimum Gasteiger partial charge on any atom is -0.448 e. The van der Waals surface area contributed by atoms with Crippen molar-refractivity contribution in [3.8, 4) is 0 Å². The van der Waals surface area contributed by atoms with Crippen molar-refractivity contribution < 1.29 is 4.42 Å². The van der Waals surface area contributed by atoms with Crippen molar-refractivity contribution in [2.45, 2.75) is 19.5 Å². The molecule has 0 fully saturated rings. The van der Waals surface area contributed by atoms with E-state index in [1.165, 1.54) is 0 Å². The maximum Gasteiger partial charge on any atom is 0.193 e. The summed E-state index contributed by atoms with van der Waals surface area (Å²) in [6.45, 7) is 2.72. The number of hydrogen-bond donors (Lipinski definition) is 1. The molecule has 1 aromatic heterocycles. The lowest BCUT2D eigenvalue weighted by molar-refractivity contribution is 0.462. The predicted octanol–water partition coefficient (Wildman–Crippen LogP) is 4.44. The summed E-state index contributed by atoms with van der Waals surface area (Å²) in [6.07, 6.45) is 0. The van der Waals surface area contributed by atoms with Gasteiger partial charge in [-0.1, -0.05) is 23.7 Å². The lowest BCUT2D eigenvalue weighted by Gasteiger charge is -2.13. The molecule has 2 rings (SSSR count). The van der Waals surface area contributed by atoms with Crippen molar-refractivity contribution >= 4 is 23.2 Å². The summed E-state index contributed by atoms with van der Waals surface area (Å²) in [5.74, 6) is 0.823. The fourth-order valence-corrected chi connectivity index (χ4v) is 1.96. The lowest BCUT2D eigenvalue weighted by Crippen LogP contribution is -2.17. The Morgan fingerprint density at radius 2 is 2.06 bits per heavy atom. The SMILES string of the molecule is C[C@@H](NCc1ccc(Cl)o1)c1cccc(Cl)c1. The van der Waals surface area contributed by atoms with Crippen LogP contribution < -0.4 is 5.32 Å². The highest BCUT2D eigenvalue weighted by molar-refractivity contribution is 6.30. The number of furan rings is 1. The van der Waals surface area contributed by atoms with Crippen molar-refractivity contribution in [2.75, 3.05) is 0 Å². The standard InChI is InChI=1S/C13H13Cl2NO/c1-9(10-3-2-4-11(14)7-10)16-8-12-5-6-13(15)17-12/h2-7,9,16H,8H2,1H3/t9-/m1/s1. The average molecular weight is 270 g/mol. The topological polar surface area (TPSA) is 25.2 Å². The Labute approximate surface area is 111 Å². The van der Waals surface area contributed by atoms with E-state index >= 15 is 0 Å². The van der Waals surface area contributed by atoms with Gasteiger partial charge in [0.05, 0.1) is 6.54 Å². The molecule has 0 radical (unpaired) electrons. The molecule has 4 heteroatoms. The second-order valence-corrected chi connectivity index (χ2v) is 4.67. The molecule has 0 bridgehead atoms. The van der Waals surface area contributed by atoms with Gasteiger partial charge in [0.15, 0.2) is 5.22 Å². The molecule has 0 saturated heterocycles. The van der Waals surface area contributed by atoms with E-state index in [1.807, 2.05) is 30.3 Å². The van der Waals surface area contributed by atoms with Crippen LogP contribution in [0.4, 0.5) is 0 Å². The number of rotatable bonds is 4. The van der Waals surface area contributed by atoms with Crippen molar-refractivity contribution in [3.05, 3.63) is 58.0 Å². The van der Waals surface area contributed by atoms with Gasteiger partial charge in [-0.15, -0.1) is 0 Å². The normalized spacial score (nSPS) is 12.6. The third-order valence-corrected chi connectivity index (χ3v) is 3.00. The fraction of sp³-hybridized carbons (Fsp3) is 0.231. The predicted molar refractivity (Wildman–Crippen MR) is 70.4 cm³/mol. The van der Waals surface area contributed by atoms with Gasteiger partial charge < -0.3 is 9.73 Å². The zero-order valence-corrected chi connectivity index (χ0v) is 10.9. The molecule has 0 aliphatic heterocycles. The summed E-state index contributed by atoms with van der Waals surface area (Å²) in [5.41, 5.74) is 1.15. The summed E-state index contributed by atoms with van der Waals surface area (Å²) < 4.78 is 5.27. The Bertz CT molecular complexity index is 496. The maximum atomic E-state index is 5.95. The van der Waals surface area contributed by atoms with Gasteiger partial charge in [0, 0.05) is 11.1 Å². The Kier molecular flexibility index (Phi) is 4.11. The second-order valence-electron chi connectivity index (χ2n) is 3.86. The Morgan fingerprint density at radius 1 is 1.24 bits per heavy atom. The first-order valence-electron chi connectivity index (χ1n) is 5.38. The quantitative estimate of drug-likeness (QED) is 0.888. The van der Waals surface area contributed by atoms with E-state index < -0.39 is 0 Å². The van der Waals surface area contributed by atoms with E-state index in [-0.39, 0.29) is 6.04 Å². The lowest BCUT2D eigenvalue weighted by atomic mass is 10.1. The number of hydrogen-bond acceptors (Lipinski definition) is 2. The van der Waals surface area contributed by atoms with Gasteiger partial charge in [-0.3, -0.25) is 0 Å². The summed E-state index contributed by atoms with van der Waals surface area (Å²) in [7, 11) is 0. The van der Waals surface area contributed by atoms with Gasteiger partial charge in [0.1, 0.15) is 5.76 Å². The molecule has 0 amide bonds. The van der Waals surface area contributed by atoms with Crippen LogP contribution in [0.1, 0.15) is 24.3 Å². The van der Waals surface area contributed by atoms with Crippen LogP contribution in [0.15, 0.2) is 40.8 Å². The smallest absolute Gasteiger partial charge is 0.193 e. The first-order chi connectivity index (χ1) is 8.15. The van der Waals surface area contributed by atoms with Gasteiger partial charge >= 0.3 is 0 Å². The summed E-state index contributed by atoms with van der Waals surface area (Å²) in [6, 6.07) is 11.6. The van der Waals surface area contributed by atoms with Gasteiger partial charge in [-0.25, -0.2) is 0 Å². The minimum atomic E-state index is 0.206. The molecule has 1 atom stereocenters. The second kappa shape index (κ2) is 5.58. The summed E-state index contributed by atoms with van der Waals surface area (Å²) in [5, 5.41) is 4.51. The molecule has 17 heavy (non-hydrogen) atoms. The molecule has 0 aliphatic rings. The van der Waals surface area contributed by atoms with Crippen LogP contribution in [-0.4, -0.2) is 0 Å². The van der Waals surface area contributed by atoms with Gasteiger partial charge in [0.25, 0.3) is 0 Å². The van der Waals surface area contributed by atoms with Crippen molar-refractivity contribution in [3.63, 3.8) is 0 Å². The molecule has 0 spiro atoms. The zero-order valence-electron chi connectivity index (χ0n) is 9.41. The van der Waals surface area contributed by atoms with E-state index in [2.05, 4.69) is 12.2 Å². The van der Waals surface area contributed by atoms with Crippen LogP contribution >= 0.6 is 23.2 Å². The van der Waals surface area contributed by atoms with E-state index in [1.54, 1.807) is 6.07 Å². The fourth-order valence-electron chi connectivity index (χ4n) is 1.59. The van der Waals surface area contributed by atoms with Gasteiger partial charge in [-0.05, 0) is 48.4 Å². The third kappa shape index (κ3) is 3.50. The Hall–Kier alpha value is -0.960. The molecule has 1 aromatic carbocycles. The van der Waals surface area contributed by atoms with Crippen LogP contribution in [0.25, 0.3) is 0 Å². The van der Waals surface area contributed by atoms with Crippen molar-refractivity contribution in [1.82, 2.24) is 5.32 Å². The van der Waals surface area contributed by atoms with Gasteiger partial charge in [-0.2, -0.15) is 0 Å². The van der Waals surface area contributed by atoms with Crippen LogP contribution in [-0.2, 0) is 6.54 Å². The molecule has 90 valence electrons. The molecule has 0 unspecified atom stereocenters. The van der Waals surface area contributed by atoms with E-state index in [0.29, 0.717) is 11.8 Å². The minimum absolute atomic E-state index is 0.206. The van der Waals surface area contributed by atoms with E-state index in [0.717, 1.165) is 16.3 Å². The van der Waals surface area contributed by atoms with Crippen LogP contribution in [0.2, 0.25) is 10.2 Å². The average Bonchev–Trinajstić information content (AvgIpc) is 2.72. The molecule has 0 saturated carbocycles. The Balaban J connectivity index is 1.95. The molecular formula is C13H13Cl2NO. The molecule has 2 aromatic rings. The monoisotopic (exact) mass is 269 g/mol. The highest BCUT2D eigenvalue weighted by Gasteiger charge is 2.06. The Morgan fingerprint density at radius 3 is 2.71 bits per heavy atom. The zero-order chi connectivity index (χ0) is 12.3. The first kappa shape index (κ1) is 12.5.